The average Bonchev–Trinajstić information content (AvgIpc) is 2.18. The topological polar surface area (TPSA) is 51.8 Å². The van der Waals surface area contributed by atoms with Gasteiger partial charge in [0.05, 0.1) is 11.0 Å². The molecule has 0 unspecified atom stereocenters. The van der Waals surface area contributed by atoms with Gasteiger partial charge in [-0.1, -0.05) is 6.92 Å². The van der Waals surface area contributed by atoms with E-state index < -0.39 is 0 Å². The molecule has 1 heterocycles. The molecule has 0 saturated carbocycles. The van der Waals surface area contributed by atoms with E-state index in [4.69, 9.17) is 5.73 Å². The Bertz CT molecular complexity index is 437. The zero-order chi connectivity index (χ0) is 9.26. The van der Waals surface area contributed by atoms with Crippen LogP contribution in [0.25, 0.3) is 11.0 Å². The van der Waals surface area contributed by atoms with E-state index >= 15 is 0 Å². The van der Waals surface area contributed by atoms with Gasteiger partial charge in [-0.2, -0.15) is 0 Å². The van der Waals surface area contributed by atoms with Crippen molar-refractivity contribution in [3.05, 3.63) is 30.1 Å². The zero-order valence-corrected chi connectivity index (χ0v) is 7.49. The zero-order valence-electron chi connectivity index (χ0n) is 7.49. The highest BCUT2D eigenvalue weighted by Crippen LogP contribution is 2.20. The Labute approximate surface area is 76.6 Å². The minimum atomic E-state index is 0.801. The standard InChI is InChI=1S/C10H11N3/c1-2-7-8(11)3-4-9-10(7)13-6-5-12-9/h3-6H,2,11H2,1H3. The fourth-order valence-electron chi connectivity index (χ4n) is 1.48. The highest BCUT2D eigenvalue weighted by Gasteiger charge is 2.04. The van der Waals surface area contributed by atoms with Gasteiger partial charge in [-0.05, 0) is 18.6 Å². The van der Waals surface area contributed by atoms with Crippen molar-refractivity contribution in [1.82, 2.24) is 9.97 Å². The first-order chi connectivity index (χ1) is 6.33. The summed E-state index contributed by atoms with van der Waals surface area (Å²) in [6.07, 6.45) is 4.28. The van der Waals surface area contributed by atoms with Crippen LogP contribution >= 0.6 is 0 Å². The van der Waals surface area contributed by atoms with Crippen LogP contribution in [0.3, 0.4) is 0 Å². The highest BCUT2D eigenvalue weighted by molar-refractivity contribution is 5.82. The van der Waals surface area contributed by atoms with Crippen LogP contribution in [0.1, 0.15) is 12.5 Å². The molecule has 0 spiro atoms. The monoisotopic (exact) mass is 173 g/mol. The smallest absolute Gasteiger partial charge is 0.0939 e. The molecular weight excluding hydrogens is 162 g/mol. The molecule has 13 heavy (non-hydrogen) atoms. The van der Waals surface area contributed by atoms with E-state index in [0.717, 1.165) is 28.7 Å². The molecule has 1 aromatic heterocycles. The third-order valence-electron chi connectivity index (χ3n) is 2.14. The van der Waals surface area contributed by atoms with Crippen LogP contribution in [-0.2, 0) is 6.42 Å². The van der Waals surface area contributed by atoms with Crippen molar-refractivity contribution < 1.29 is 0 Å². The fourth-order valence-corrected chi connectivity index (χ4v) is 1.48. The van der Waals surface area contributed by atoms with Gasteiger partial charge < -0.3 is 5.73 Å². The molecule has 3 heteroatoms. The number of aromatic nitrogens is 2. The second kappa shape index (κ2) is 3.01. The predicted molar refractivity (Wildman–Crippen MR) is 53.3 cm³/mol. The molecule has 0 fully saturated rings. The number of aryl methyl sites for hydroxylation is 1. The third kappa shape index (κ3) is 1.22. The SMILES string of the molecule is CCc1c(N)ccc2nccnc12. The van der Waals surface area contributed by atoms with Crippen molar-refractivity contribution >= 4 is 16.7 Å². The number of nitrogens with two attached hydrogens (primary N) is 1. The summed E-state index contributed by atoms with van der Waals surface area (Å²) in [5, 5.41) is 0. The highest BCUT2D eigenvalue weighted by atomic mass is 14.8. The van der Waals surface area contributed by atoms with Crippen LogP contribution in [0.5, 0.6) is 0 Å². The maximum absolute atomic E-state index is 5.83. The number of nitrogens with zero attached hydrogens (tertiary/aromatic N) is 2. The van der Waals surface area contributed by atoms with Crippen molar-refractivity contribution in [2.45, 2.75) is 13.3 Å². The second-order valence-electron chi connectivity index (χ2n) is 2.91. The van der Waals surface area contributed by atoms with E-state index in [0.29, 0.717) is 0 Å². The Morgan fingerprint density at radius 2 is 2.00 bits per heavy atom. The Kier molecular flexibility index (Phi) is 1.85. The van der Waals surface area contributed by atoms with E-state index in [-0.39, 0.29) is 0 Å². The maximum Gasteiger partial charge on any atom is 0.0939 e. The molecule has 0 atom stereocenters. The van der Waals surface area contributed by atoms with E-state index in [1.165, 1.54) is 0 Å². The number of hydrogen-bond donors (Lipinski definition) is 1. The summed E-state index contributed by atoms with van der Waals surface area (Å²) < 4.78 is 0. The molecule has 3 nitrogen and oxygen atoms in total. The van der Waals surface area contributed by atoms with Crippen molar-refractivity contribution in [2.24, 2.45) is 0 Å². The molecule has 2 rings (SSSR count). The average molecular weight is 173 g/mol. The lowest BCUT2D eigenvalue weighted by Crippen LogP contribution is -1.96. The van der Waals surface area contributed by atoms with Crippen molar-refractivity contribution in [3.8, 4) is 0 Å². The first-order valence-corrected chi connectivity index (χ1v) is 4.31. The van der Waals surface area contributed by atoms with E-state index in [1.54, 1.807) is 12.4 Å². The molecule has 0 amide bonds. The summed E-state index contributed by atoms with van der Waals surface area (Å²) >= 11 is 0. The summed E-state index contributed by atoms with van der Waals surface area (Å²) in [7, 11) is 0. The van der Waals surface area contributed by atoms with Crippen LogP contribution in [0.2, 0.25) is 0 Å². The minimum Gasteiger partial charge on any atom is -0.398 e. The van der Waals surface area contributed by atoms with Gasteiger partial charge in [0.1, 0.15) is 0 Å². The van der Waals surface area contributed by atoms with Gasteiger partial charge in [-0.25, -0.2) is 0 Å². The number of rotatable bonds is 1. The quantitative estimate of drug-likeness (QED) is 0.669. The minimum absolute atomic E-state index is 0.801. The fraction of sp³-hybridized carbons (Fsp3) is 0.200. The molecule has 0 saturated heterocycles. The van der Waals surface area contributed by atoms with Gasteiger partial charge in [-0.15, -0.1) is 0 Å². The molecule has 0 aliphatic carbocycles. The van der Waals surface area contributed by atoms with Gasteiger partial charge in [0.15, 0.2) is 0 Å². The Balaban J connectivity index is 2.84. The van der Waals surface area contributed by atoms with Gasteiger partial charge in [0.25, 0.3) is 0 Å². The molecule has 0 radical (unpaired) electrons. The van der Waals surface area contributed by atoms with Gasteiger partial charge in [0, 0.05) is 23.6 Å². The van der Waals surface area contributed by atoms with E-state index in [1.807, 2.05) is 12.1 Å². The summed E-state index contributed by atoms with van der Waals surface area (Å²) in [6.45, 7) is 2.07. The summed E-state index contributed by atoms with van der Waals surface area (Å²) in [6, 6.07) is 3.78. The number of benzene rings is 1. The number of anilines is 1. The van der Waals surface area contributed by atoms with Crippen LogP contribution in [0.4, 0.5) is 5.69 Å². The van der Waals surface area contributed by atoms with Gasteiger partial charge >= 0.3 is 0 Å². The number of nitrogen functional groups attached to an aromatic ring is 1. The molecule has 66 valence electrons. The molecule has 2 N–H and O–H groups in total. The van der Waals surface area contributed by atoms with Crippen LogP contribution in [0, 0.1) is 0 Å². The van der Waals surface area contributed by atoms with E-state index in [9.17, 15) is 0 Å². The largest absolute Gasteiger partial charge is 0.398 e. The van der Waals surface area contributed by atoms with Crippen LogP contribution < -0.4 is 5.73 Å². The Hall–Kier alpha value is -1.64. The Morgan fingerprint density at radius 3 is 2.77 bits per heavy atom. The number of fused-ring (bicyclic) bond motifs is 1. The lowest BCUT2D eigenvalue weighted by atomic mass is 10.1. The molecular formula is C10H11N3. The third-order valence-corrected chi connectivity index (χ3v) is 2.14. The predicted octanol–water partition coefficient (Wildman–Crippen LogP) is 1.77. The molecule has 0 bridgehead atoms. The van der Waals surface area contributed by atoms with Crippen molar-refractivity contribution in [3.63, 3.8) is 0 Å². The van der Waals surface area contributed by atoms with Gasteiger partial charge in [-0.3, -0.25) is 9.97 Å². The lowest BCUT2D eigenvalue weighted by Gasteiger charge is -2.05. The normalized spacial score (nSPS) is 10.5. The molecule has 1 aromatic carbocycles. The molecule has 2 aromatic rings. The van der Waals surface area contributed by atoms with Crippen molar-refractivity contribution in [1.29, 1.82) is 0 Å². The summed E-state index contributed by atoms with van der Waals surface area (Å²) in [5.41, 5.74) is 9.55. The van der Waals surface area contributed by atoms with Crippen molar-refractivity contribution in [2.75, 3.05) is 5.73 Å². The lowest BCUT2D eigenvalue weighted by molar-refractivity contribution is 1.14. The van der Waals surface area contributed by atoms with Crippen LogP contribution in [0.15, 0.2) is 24.5 Å². The number of hydrogen-bond acceptors (Lipinski definition) is 3. The molecule has 0 aliphatic rings. The van der Waals surface area contributed by atoms with E-state index in [2.05, 4.69) is 16.9 Å². The van der Waals surface area contributed by atoms with Crippen LogP contribution in [-0.4, -0.2) is 9.97 Å². The molecule has 0 aliphatic heterocycles. The first-order valence-electron chi connectivity index (χ1n) is 4.31. The Morgan fingerprint density at radius 1 is 1.23 bits per heavy atom. The maximum atomic E-state index is 5.83. The first kappa shape index (κ1) is 7.98. The second-order valence-corrected chi connectivity index (χ2v) is 2.91. The summed E-state index contributed by atoms with van der Waals surface area (Å²) in [5.74, 6) is 0. The summed E-state index contributed by atoms with van der Waals surface area (Å²) in [4.78, 5) is 8.48. The van der Waals surface area contributed by atoms with Gasteiger partial charge in [0.2, 0.25) is 0 Å².